The molecule has 5 nitrogen and oxygen atoms in total. The summed E-state index contributed by atoms with van der Waals surface area (Å²) < 4.78 is 13.2. The van der Waals surface area contributed by atoms with Crippen molar-refractivity contribution < 1.29 is 4.39 Å². The van der Waals surface area contributed by atoms with E-state index in [-0.39, 0.29) is 11.8 Å². The van der Waals surface area contributed by atoms with Crippen molar-refractivity contribution in [1.82, 2.24) is 9.97 Å². The van der Waals surface area contributed by atoms with Crippen LogP contribution in [0.5, 0.6) is 0 Å². The second kappa shape index (κ2) is 3.38. The normalized spacial score (nSPS) is 24.5. The Bertz CT molecular complexity index is 343. The predicted octanol–water partition coefficient (Wildman–Crippen LogP) is 0.722. The summed E-state index contributed by atoms with van der Waals surface area (Å²) >= 11 is 0. The average molecular weight is 197 g/mol. The van der Waals surface area contributed by atoms with Crippen LogP contribution in [-0.4, -0.2) is 16.0 Å². The second-order valence-corrected chi connectivity index (χ2v) is 3.50. The molecule has 2 rings (SSSR count). The topological polar surface area (TPSA) is 75.9 Å². The molecule has 0 aromatic carbocycles. The van der Waals surface area contributed by atoms with Crippen LogP contribution >= 0.6 is 0 Å². The standard InChI is InChI=1S/C8H12FN5/c1-4-2-6(4)12-7-5(9)3-11-8(13-7)14-10/h3-4,6H,2,10H2,1H3,(H2,11,12,13,14). The Hall–Kier alpha value is -1.43. The summed E-state index contributed by atoms with van der Waals surface area (Å²) in [5.41, 5.74) is 2.27. The van der Waals surface area contributed by atoms with Crippen molar-refractivity contribution in [2.45, 2.75) is 19.4 Å². The number of halogens is 1. The van der Waals surface area contributed by atoms with Crippen LogP contribution in [0, 0.1) is 11.7 Å². The zero-order valence-electron chi connectivity index (χ0n) is 7.79. The number of aromatic nitrogens is 2. The van der Waals surface area contributed by atoms with Gasteiger partial charge in [-0.1, -0.05) is 6.92 Å². The van der Waals surface area contributed by atoms with Crippen molar-refractivity contribution in [3.05, 3.63) is 12.0 Å². The zero-order chi connectivity index (χ0) is 10.1. The van der Waals surface area contributed by atoms with E-state index in [2.05, 4.69) is 27.6 Å². The van der Waals surface area contributed by atoms with Gasteiger partial charge in [-0.05, 0) is 12.3 Å². The molecule has 1 aliphatic carbocycles. The summed E-state index contributed by atoms with van der Waals surface area (Å²) in [4.78, 5) is 7.51. The fraction of sp³-hybridized carbons (Fsp3) is 0.500. The maximum absolute atomic E-state index is 13.2. The van der Waals surface area contributed by atoms with Gasteiger partial charge in [0.05, 0.1) is 6.20 Å². The van der Waals surface area contributed by atoms with Crippen LogP contribution in [0.15, 0.2) is 6.20 Å². The maximum Gasteiger partial charge on any atom is 0.239 e. The van der Waals surface area contributed by atoms with Crippen molar-refractivity contribution in [3.8, 4) is 0 Å². The molecule has 0 bridgehead atoms. The van der Waals surface area contributed by atoms with Crippen molar-refractivity contribution in [1.29, 1.82) is 0 Å². The number of hydrogen-bond acceptors (Lipinski definition) is 5. The molecule has 4 N–H and O–H groups in total. The van der Waals surface area contributed by atoms with Gasteiger partial charge in [-0.3, -0.25) is 5.43 Å². The fourth-order valence-electron chi connectivity index (χ4n) is 1.24. The molecule has 0 spiro atoms. The van der Waals surface area contributed by atoms with Crippen LogP contribution in [0.2, 0.25) is 0 Å². The van der Waals surface area contributed by atoms with Gasteiger partial charge in [0.25, 0.3) is 0 Å². The van der Waals surface area contributed by atoms with Gasteiger partial charge in [-0.2, -0.15) is 4.98 Å². The average Bonchev–Trinajstić information content (AvgIpc) is 2.86. The van der Waals surface area contributed by atoms with Crippen LogP contribution in [0.4, 0.5) is 16.2 Å². The van der Waals surface area contributed by atoms with E-state index in [4.69, 9.17) is 5.84 Å². The fourth-order valence-corrected chi connectivity index (χ4v) is 1.24. The Labute approximate surface area is 80.9 Å². The molecule has 1 aromatic heterocycles. The second-order valence-electron chi connectivity index (χ2n) is 3.50. The van der Waals surface area contributed by atoms with Crippen LogP contribution in [-0.2, 0) is 0 Å². The first-order valence-corrected chi connectivity index (χ1v) is 4.46. The highest BCUT2D eigenvalue weighted by Gasteiger charge is 2.33. The van der Waals surface area contributed by atoms with Gasteiger partial charge in [-0.25, -0.2) is 15.2 Å². The van der Waals surface area contributed by atoms with Crippen molar-refractivity contribution in [3.63, 3.8) is 0 Å². The number of nitrogens with one attached hydrogen (secondary N) is 2. The van der Waals surface area contributed by atoms with E-state index in [1.165, 1.54) is 0 Å². The molecule has 1 aromatic rings. The van der Waals surface area contributed by atoms with Gasteiger partial charge in [0.1, 0.15) is 0 Å². The van der Waals surface area contributed by atoms with E-state index in [1.54, 1.807) is 0 Å². The van der Waals surface area contributed by atoms with E-state index in [9.17, 15) is 4.39 Å². The molecular weight excluding hydrogens is 185 g/mol. The Morgan fingerprint density at radius 1 is 1.64 bits per heavy atom. The van der Waals surface area contributed by atoms with E-state index in [1.807, 2.05) is 0 Å². The predicted molar refractivity (Wildman–Crippen MR) is 51.0 cm³/mol. The lowest BCUT2D eigenvalue weighted by Gasteiger charge is -2.06. The van der Waals surface area contributed by atoms with Gasteiger partial charge in [0.2, 0.25) is 5.95 Å². The molecule has 1 fully saturated rings. The summed E-state index contributed by atoms with van der Waals surface area (Å²) in [7, 11) is 0. The highest BCUT2D eigenvalue weighted by Crippen LogP contribution is 2.32. The molecule has 0 aliphatic heterocycles. The first-order chi connectivity index (χ1) is 6.70. The number of rotatable bonds is 3. The van der Waals surface area contributed by atoms with E-state index in [0.717, 1.165) is 12.6 Å². The molecule has 1 saturated carbocycles. The first-order valence-electron chi connectivity index (χ1n) is 4.46. The van der Waals surface area contributed by atoms with Gasteiger partial charge in [0.15, 0.2) is 11.6 Å². The largest absolute Gasteiger partial charge is 0.364 e. The van der Waals surface area contributed by atoms with Crippen LogP contribution < -0.4 is 16.6 Å². The summed E-state index contributed by atoms with van der Waals surface area (Å²) in [6.07, 6.45) is 2.15. The van der Waals surface area contributed by atoms with Crippen molar-refractivity contribution in [2.24, 2.45) is 11.8 Å². The molecule has 76 valence electrons. The molecular formula is C8H12FN5. The first kappa shape index (κ1) is 9.14. The minimum atomic E-state index is -0.455. The van der Waals surface area contributed by atoms with Crippen molar-refractivity contribution >= 4 is 11.8 Å². The van der Waals surface area contributed by atoms with E-state index in [0.29, 0.717) is 12.0 Å². The van der Waals surface area contributed by atoms with E-state index < -0.39 is 5.82 Å². The lowest BCUT2D eigenvalue weighted by atomic mass is 10.4. The molecule has 1 aliphatic rings. The summed E-state index contributed by atoms with van der Waals surface area (Å²) in [6.45, 7) is 2.10. The number of anilines is 2. The monoisotopic (exact) mass is 197 g/mol. The Balaban J connectivity index is 2.14. The Morgan fingerprint density at radius 2 is 2.36 bits per heavy atom. The Morgan fingerprint density at radius 3 is 2.93 bits per heavy atom. The summed E-state index contributed by atoms with van der Waals surface area (Å²) in [5, 5.41) is 2.99. The molecule has 2 unspecified atom stereocenters. The lowest BCUT2D eigenvalue weighted by Crippen LogP contribution is -2.14. The summed E-state index contributed by atoms with van der Waals surface area (Å²) in [6, 6.07) is 0.324. The van der Waals surface area contributed by atoms with Crippen LogP contribution in [0.1, 0.15) is 13.3 Å². The van der Waals surface area contributed by atoms with Gasteiger partial charge in [0, 0.05) is 6.04 Å². The molecule has 2 atom stereocenters. The van der Waals surface area contributed by atoms with Crippen LogP contribution in [0.3, 0.4) is 0 Å². The molecule has 6 heteroatoms. The minimum absolute atomic E-state index is 0.210. The molecule has 0 radical (unpaired) electrons. The number of hydrogen-bond donors (Lipinski definition) is 3. The number of hydrazine groups is 1. The van der Waals surface area contributed by atoms with Crippen molar-refractivity contribution in [2.75, 3.05) is 10.7 Å². The molecule has 1 heterocycles. The number of nitrogen functional groups attached to an aromatic ring is 1. The quantitative estimate of drug-likeness (QED) is 0.491. The number of nitrogens with two attached hydrogens (primary N) is 1. The zero-order valence-corrected chi connectivity index (χ0v) is 7.79. The van der Waals surface area contributed by atoms with Gasteiger partial charge < -0.3 is 5.32 Å². The SMILES string of the molecule is CC1CC1Nc1nc(NN)ncc1F. The summed E-state index contributed by atoms with van der Waals surface area (Å²) in [5.74, 6) is 5.66. The third kappa shape index (κ3) is 1.74. The lowest BCUT2D eigenvalue weighted by molar-refractivity contribution is 0.616. The smallest absolute Gasteiger partial charge is 0.239 e. The molecule has 0 saturated heterocycles. The molecule has 0 amide bonds. The van der Waals surface area contributed by atoms with Gasteiger partial charge in [-0.15, -0.1) is 0 Å². The van der Waals surface area contributed by atoms with Gasteiger partial charge >= 0.3 is 0 Å². The molecule has 14 heavy (non-hydrogen) atoms. The maximum atomic E-state index is 13.2. The highest BCUT2D eigenvalue weighted by molar-refractivity contribution is 5.42. The minimum Gasteiger partial charge on any atom is -0.364 e. The third-order valence-electron chi connectivity index (χ3n) is 2.30. The Kier molecular flexibility index (Phi) is 2.20. The van der Waals surface area contributed by atoms with Crippen LogP contribution in [0.25, 0.3) is 0 Å². The number of nitrogens with zero attached hydrogens (tertiary/aromatic N) is 2. The third-order valence-corrected chi connectivity index (χ3v) is 2.30. The highest BCUT2D eigenvalue weighted by atomic mass is 19.1. The van der Waals surface area contributed by atoms with E-state index >= 15 is 0 Å².